The number of methoxy groups -OCH3 is 1. The maximum atomic E-state index is 6.03. The molecule has 0 atom stereocenters. The Bertz CT molecular complexity index is 3980. The summed E-state index contributed by atoms with van der Waals surface area (Å²) in [5.41, 5.74) is 16.4. The van der Waals surface area contributed by atoms with Gasteiger partial charge in [0.2, 0.25) is 0 Å². The molecular weight excluding hydrogens is 1680 g/mol. The maximum Gasteiger partial charge on any atom is 0.496 e. The van der Waals surface area contributed by atoms with Crippen molar-refractivity contribution in [3.05, 3.63) is 320 Å². The molecule has 0 bridgehead atoms. The first-order chi connectivity index (χ1) is 47.9. The molecule has 5 heterocycles. The molecule has 522 valence electrons. The molecule has 0 unspecified atom stereocenters. The first-order valence-corrected chi connectivity index (χ1v) is 36.5. The first-order valence-electron chi connectivity index (χ1n) is 34.2. The second-order valence-electron chi connectivity index (χ2n) is 25.4. The third kappa shape index (κ3) is 23.7. The summed E-state index contributed by atoms with van der Waals surface area (Å²) < 4.78 is 19.0. The molecule has 101 heavy (non-hydrogen) atoms. The van der Waals surface area contributed by atoms with Gasteiger partial charge in [0.05, 0.1) is 18.3 Å². The van der Waals surface area contributed by atoms with Crippen LogP contribution in [0.15, 0.2) is 290 Å². The van der Waals surface area contributed by atoms with Crippen molar-refractivity contribution in [1.29, 1.82) is 0 Å². The number of aromatic nitrogens is 4. The first kappa shape index (κ1) is 80.7. The molecule has 0 amide bonds. The number of benzene rings is 8. The van der Waals surface area contributed by atoms with Gasteiger partial charge in [-0.15, -0.1) is 144 Å². The second-order valence-corrected chi connectivity index (χ2v) is 29.0. The summed E-state index contributed by atoms with van der Waals surface area (Å²) in [4.78, 5) is 17.4. The van der Waals surface area contributed by atoms with E-state index in [1.54, 1.807) is 17.7 Å². The Morgan fingerprint density at radius 2 is 0.861 bits per heavy atom. The maximum absolute atomic E-state index is 6.03. The van der Waals surface area contributed by atoms with Gasteiger partial charge < -0.3 is 34.0 Å². The van der Waals surface area contributed by atoms with Crippen molar-refractivity contribution in [2.45, 2.75) is 129 Å². The average Bonchev–Trinajstić information content (AvgIpc) is 1.61. The fourth-order valence-corrected chi connectivity index (χ4v) is 16.4. The molecule has 3 aliphatic rings. The Hall–Kier alpha value is -7.65. The van der Waals surface area contributed by atoms with E-state index in [4.69, 9.17) is 14.0 Å². The van der Waals surface area contributed by atoms with E-state index in [0.29, 0.717) is 0 Å². The summed E-state index contributed by atoms with van der Waals surface area (Å²) >= 11 is 3.31. The molecule has 7 nitrogen and oxygen atoms in total. The molecule has 3 fully saturated rings. The molecule has 15 rings (SSSR count). The minimum absolute atomic E-state index is 0. The van der Waals surface area contributed by atoms with Crippen molar-refractivity contribution in [3.8, 4) is 73.0 Å². The Labute approximate surface area is 639 Å². The monoisotopic (exact) mass is 1770 g/mol. The zero-order chi connectivity index (χ0) is 68.2. The summed E-state index contributed by atoms with van der Waals surface area (Å²) in [6.07, 6.45) is 21.7. The van der Waals surface area contributed by atoms with Gasteiger partial charge in [0.25, 0.3) is 0 Å². The van der Waals surface area contributed by atoms with Gasteiger partial charge in [-0.25, -0.2) is 0 Å². The number of pyridine rings is 4. The summed E-state index contributed by atoms with van der Waals surface area (Å²) in [6, 6.07) is 99.9. The fourth-order valence-electron chi connectivity index (χ4n) is 12.2. The van der Waals surface area contributed by atoms with Crippen LogP contribution in [0.5, 0.6) is 5.75 Å². The topological polar surface area (TPSA) is 79.2 Å². The number of hydrogen-bond donors (Lipinski definition) is 0. The molecule has 2 radical (unpaired) electrons. The number of ether oxygens (including phenoxy) is 1. The van der Waals surface area contributed by atoms with E-state index in [9.17, 15) is 0 Å². The van der Waals surface area contributed by atoms with E-state index in [2.05, 4.69) is 128 Å². The smallest absolute Gasteiger partial charge is 0.496 e. The Kier molecular flexibility index (Phi) is 33.6. The Morgan fingerprint density at radius 1 is 0.436 bits per heavy atom. The third-order valence-corrected chi connectivity index (χ3v) is 22.1. The van der Waals surface area contributed by atoms with Gasteiger partial charge in [-0.05, 0) is 158 Å². The Morgan fingerprint density at radius 3 is 1.26 bits per heavy atom. The quantitative estimate of drug-likeness (QED) is 0.0725. The number of rotatable bonds is 11. The molecule has 0 N–H and O–H groups in total. The van der Waals surface area contributed by atoms with Crippen LogP contribution in [0.1, 0.15) is 105 Å². The van der Waals surface area contributed by atoms with E-state index in [1.807, 2.05) is 247 Å². The second kappa shape index (κ2) is 42.1. The largest absolute Gasteiger partial charge is 0.496 e. The van der Waals surface area contributed by atoms with Gasteiger partial charge in [-0.3, -0.25) is 0 Å². The van der Waals surface area contributed by atoms with Crippen LogP contribution in [0, 0.1) is 31.2 Å². The van der Waals surface area contributed by atoms with Gasteiger partial charge >= 0.3 is 7.12 Å². The Balaban J connectivity index is 0.000000177. The third-order valence-electron chi connectivity index (χ3n) is 18.0. The summed E-state index contributed by atoms with van der Waals surface area (Å²) in [7, 11) is 1.33. The minimum Gasteiger partial charge on any atom is -0.496 e. The molecule has 1 saturated heterocycles. The van der Waals surface area contributed by atoms with Crippen molar-refractivity contribution in [3.63, 3.8) is 0 Å². The number of nitrogens with zero attached hydrogens (tertiary/aromatic N) is 4. The zero-order valence-corrected chi connectivity index (χ0v) is 65.2. The van der Waals surface area contributed by atoms with Crippen LogP contribution < -0.4 is 15.5 Å². The van der Waals surface area contributed by atoms with Crippen LogP contribution in [0.3, 0.4) is 0 Å². The summed E-state index contributed by atoms with van der Waals surface area (Å²) in [5, 5.41) is 1.66. The van der Waals surface area contributed by atoms with Gasteiger partial charge in [0, 0.05) is 75.0 Å². The van der Waals surface area contributed by atoms with E-state index in [1.165, 1.54) is 86.5 Å². The molecule has 8 aromatic carbocycles. The van der Waals surface area contributed by atoms with Crippen molar-refractivity contribution in [1.82, 2.24) is 19.9 Å². The summed E-state index contributed by atoms with van der Waals surface area (Å²) in [6.45, 7) is 10.4. The van der Waals surface area contributed by atoms with Crippen LogP contribution >= 0.6 is 23.9 Å². The van der Waals surface area contributed by atoms with E-state index >= 15 is 0 Å². The van der Waals surface area contributed by atoms with E-state index in [-0.39, 0.29) is 73.9 Å². The summed E-state index contributed by atoms with van der Waals surface area (Å²) in [5.74, 6) is 1.02. The van der Waals surface area contributed by atoms with Crippen LogP contribution in [0.2, 0.25) is 0 Å². The van der Waals surface area contributed by atoms with Crippen molar-refractivity contribution in [2.24, 2.45) is 0 Å². The predicted molar refractivity (Wildman–Crippen MR) is 420 cm³/mol. The predicted octanol–water partition coefficient (Wildman–Crippen LogP) is 22.7. The average molecular weight is 1770 g/mol. The standard InChI is InChI=1S/C26H35OP.C17H19BNO2.C17H12N.2C11H8N.C6H5Br.CH4.2Ir/c1-20-12-11-18-24(27-2)26(20)23-17-9-10-19-25(23)28(21-13-5-3-6-14-21)22-15-7-4-8-16-22;1-16(2)17(3,4)21-18(20-16)14-10-11-15(19-12-14)13-8-6-5-7-9-13;1-3-7-14(8-4-1)16-11-12-17(18-13-16)15-9-5-2-6-10-15;2*1-2-6-10(7-3-1)11-8-4-5-9-12-11;7-6-4-2-1-3-5-6;;;/h9-12,17-19,21-22H,3-8,13-16H2,1-2H3;5-8,10-12H,1-4H3;1-9,11-13H;2*1-6,8-9H;1-5H;1H4;;/q;4*-1;;;;. The molecule has 12 aromatic rings. The van der Waals surface area contributed by atoms with Crippen LogP contribution in [0.4, 0.5) is 0 Å². The normalized spacial score (nSPS) is 14.1. The van der Waals surface area contributed by atoms with Crippen molar-refractivity contribution < 1.29 is 54.3 Å². The molecule has 4 aromatic heterocycles. The number of hydrogen-bond acceptors (Lipinski definition) is 7. The van der Waals surface area contributed by atoms with Crippen LogP contribution in [-0.2, 0) is 49.5 Å². The van der Waals surface area contributed by atoms with Crippen molar-refractivity contribution >= 4 is 41.7 Å². The minimum atomic E-state index is -0.365. The van der Waals surface area contributed by atoms with Gasteiger partial charge in [-0.1, -0.05) is 203 Å². The van der Waals surface area contributed by atoms with Crippen LogP contribution in [0.25, 0.3) is 67.3 Å². The molecule has 0 spiro atoms. The molecule has 2 aliphatic carbocycles. The van der Waals surface area contributed by atoms with Gasteiger partial charge in [0.1, 0.15) is 5.75 Å². The molecular formula is C89H91BBrIr2N4O3P-4. The van der Waals surface area contributed by atoms with Crippen LogP contribution in [-0.4, -0.2) is 56.7 Å². The number of halogens is 1. The van der Waals surface area contributed by atoms with E-state index < -0.39 is 0 Å². The van der Waals surface area contributed by atoms with E-state index in [0.717, 1.165) is 77.6 Å². The van der Waals surface area contributed by atoms with Crippen molar-refractivity contribution in [2.75, 3.05) is 7.11 Å². The molecule has 2 saturated carbocycles. The molecule has 12 heteroatoms. The van der Waals surface area contributed by atoms with Gasteiger partial charge in [-0.2, -0.15) is 0 Å². The fraction of sp³-hybridized carbons (Fsp3) is 0.236. The number of aryl methyl sites for hydroxylation is 1. The SMILES string of the molecule is Brc1ccccc1.C.CC1(C)OB(c2ccc(-c3[c-]cccc3)nc2)OC1(C)C.COc1cccc(C)c1-c1ccccc1P(C1CCCCC1)C1CCCCC1.[Ir].[Ir].[c-]1ccccc1-c1ccc(-c2ccccc2)cn1.[c-]1ccccc1-c1ccccn1.[c-]1ccccc1-c1ccccn1. The zero-order valence-electron chi connectivity index (χ0n) is 57.9. The van der Waals surface area contributed by atoms with Gasteiger partial charge in [0.15, 0.2) is 0 Å². The molecule has 1 aliphatic heterocycles.